The van der Waals surface area contributed by atoms with Gasteiger partial charge in [0.15, 0.2) is 5.78 Å². The van der Waals surface area contributed by atoms with Crippen LogP contribution in [-0.4, -0.2) is 32.6 Å². The third kappa shape index (κ3) is 4.01. The number of ketones is 1. The quantitative estimate of drug-likeness (QED) is 0.492. The number of benzene rings is 2. The number of hydrogen-bond acceptors (Lipinski definition) is 3. The molecule has 0 aliphatic carbocycles. The molecule has 1 amide bonds. The molecule has 0 saturated carbocycles. The lowest BCUT2D eigenvalue weighted by Gasteiger charge is -2.06. The standard InChI is InChI=1S/C25H24N4O2/c30-24(13-19-16-27-28(17-19)12-9-18-5-2-1-3-6-18)21-8-7-20-14-23-25(31)26-10-4-11-29(23)22(20)15-21/h1-3,5-8,14-17H,4,9-13H2,(H,26,31). The van der Waals surface area contributed by atoms with E-state index in [9.17, 15) is 9.59 Å². The third-order valence-corrected chi connectivity index (χ3v) is 5.83. The maximum absolute atomic E-state index is 12.9. The molecule has 1 N–H and O–H groups in total. The summed E-state index contributed by atoms with van der Waals surface area (Å²) in [6.45, 7) is 2.22. The molecular formula is C25H24N4O2. The van der Waals surface area contributed by atoms with Gasteiger partial charge in [0.2, 0.25) is 0 Å². The molecule has 0 bridgehead atoms. The number of aryl methyl sites for hydroxylation is 3. The highest BCUT2D eigenvalue weighted by molar-refractivity contribution is 6.03. The van der Waals surface area contributed by atoms with Gasteiger partial charge in [-0.1, -0.05) is 42.5 Å². The van der Waals surface area contributed by atoms with Crippen molar-refractivity contribution in [3.63, 3.8) is 0 Å². The van der Waals surface area contributed by atoms with Gasteiger partial charge in [-0.25, -0.2) is 0 Å². The van der Waals surface area contributed by atoms with E-state index in [2.05, 4.69) is 22.5 Å². The molecule has 0 unspecified atom stereocenters. The minimum Gasteiger partial charge on any atom is -0.351 e. The van der Waals surface area contributed by atoms with E-state index in [0.29, 0.717) is 24.2 Å². The van der Waals surface area contributed by atoms with Crippen molar-refractivity contribution in [2.75, 3.05) is 6.54 Å². The van der Waals surface area contributed by atoms with Crippen molar-refractivity contribution < 1.29 is 9.59 Å². The van der Waals surface area contributed by atoms with Crippen LogP contribution in [0, 0.1) is 0 Å². The van der Waals surface area contributed by atoms with E-state index >= 15 is 0 Å². The van der Waals surface area contributed by atoms with Gasteiger partial charge in [0.05, 0.1) is 6.20 Å². The second-order valence-electron chi connectivity index (χ2n) is 8.01. The molecule has 5 rings (SSSR count). The largest absolute Gasteiger partial charge is 0.351 e. The molecule has 0 saturated heterocycles. The third-order valence-electron chi connectivity index (χ3n) is 5.83. The van der Waals surface area contributed by atoms with Crippen molar-refractivity contribution in [3.8, 4) is 0 Å². The number of nitrogens with zero attached hydrogens (tertiary/aromatic N) is 3. The summed E-state index contributed by atoms with van der Waals surface area (Å²) in [5.41, 5.74) is 4.44. The Labute approximate surface area is 180 Å². The zero-order valence-electron chi connectivity index (χ0n) is 17.3. The van der Waals surface area contributed by atoms with E-state index in [1.807, 2.05) is 57.9 Å². The second-order valence-corrected chi connectivity index (χ2v) is 8.01. The summed E-state index contributed by atoms with van der Waals surface area (Å²) in [6.07, 6.45) is 5.81. The van der Waals surface area contributed by atoms with Gasteiger partial charge in [-0.3, -0.25) is 14.3 Å². The number of hydrogen-bond donors (Lipinski definition) is 1. The normalized spacial score (nSPS) is 13.6. The topological polar surface area (TPSA) is 68.9 Å². The zero-order chi connectivity index (χ0) is 21.2. The van der Waals surface area contributed by atoms with E-state index in [4.69, 9.17) is 0 Å². The summed E-state index contributed by atoms with van der Waals surface area (Å²) in [7, 11) is 0. The smallest absolute Gasteiger partial charge is 0.267 e. The van der Waals surface area contributed by atoms with Crippen molar-refractivity contribution in [1.82, 2.24) is 19.7 Å². The molecule has 1 aliphatic rings. The molecule has 0 fully saturated rings. The molecule has 2 aromatic heterocycles. The van der Waals surface area contributed by atoms with E-state index in [1.54, 1.807) is 6.20 Å². The fourth-order valence-corrected chi connectivity index (χ4v) is 4.18. The maximum atomic E-state index is 12.9. The Morgan fingerprint density at radius 3 is 2.81 bits per heavy atom. The predicted octanol–water partition coefficient (Wildman–Crippen LogP) is 3.64. The average Bonchev–Trinajstić information content (AvgIpc) is 3.34. The van der Waals surface area contributed by atoms with Crippen LogP contribution in [0.2, 0.25) is 0 Å². The number of fused-ring (bicyclic) bond motifs is 3. The first-order valence-corrected chi connectivity index (χ1v) is 10.7. The first-order valence-electron chi connectivity index (χ1n) is 10.7. The minimum atomic E-state index is -0.0514. The highest BCUT2D eigenvalue weighted by Gasteiger charge is 2.19. The molecule has 0 atom stereocenters. The molecular weight excluding hydrogens is 388 g/mol. The van der Waals surface area contributed by atoms with E-state index in [-0.39, 0.29) is 11.7 Å². The Kier molecular flexibility index (Phi) is 5.12. The number of carbonyl (C=O) groups excluding carboxylic acids is 2. The van der Waals surface area contributed by atoms with Crippen LogP contribution in [0.15, 0.2) is 67.0 Å². The molecule has 0 spiro atoms. The lowest BCUT2D eigenvalue weighted by molar-refractivity contribution is 0.0950. The fourth-order valence-electron chi connectivity index (χ4n) is 4.18. The summed E-state index contributed by atoms with van der Waals surface area (Å²) in [5.74, 6) is 0.00243. The molecule has 6 nitrogen and oxygen atoms in total. The second kappa shape index (κ2) is 8.22. The van der Waals surface area contributed by atoms with E-state index in [1.165, 1.54) is 5.56 Å². The Balaban J connectivity index is 1.31. The van der Waals surface area contributed by atoms with Gasteiger partial charge in [0.1, 0.15) is 5.69 Å². The van der Waals surface area contributed by atoms with Crippen molar-refractivity contribution in [3.05, 3.63) is 89.4 Å². The average molecular weight is 412 g/mol. The molecule has 4 aromatic rings. The first-order chi connectivity index (χ1) is 15.2. The zero-order valence-corrected chi connectivity index (χ0v) is 17.3. The van der Waals surface area contributed by atoms with Crippen molar-refractivity contribution >= 4 is 22.6 Å². The predicted molar refractivity (Wildman–Crippen MR) is 119 cm³/mol. The lowest BCUT2D eigenvalue weighted by Crippen LogP contribution is -2.22. The lowest BCUT2D eigenvalue weighted by atomic mass is 10.0. The molecule has 3 heterocycles. The van der Waals surface area contributed by atoms with Gasteiger partial charge in [0.25, 0.3) is 5.91 Å². The van der Waals surface area contributed by atoms with Gasteiger partial charge in [-0.05, 0) is 36.1 Å². The van der Waals surface area contributed by atoms with Crippen LogP contribution in [0.4, 0.5) is 0 Å². The van der Waals surface area contributed by atoms with Gasteiger partial charge in [-0.2, -0.15) is 5.10 Å². The Bertz CT molecular complexity index is 1250. The fraction of sp³-hybridized carbons (Fsp3) is 0.240. The summed E-state index contributed by atoms with van der Waals surface area (Å²) < 4.78 is 3.92. The Hall–Kier alpha value is -3.67. The SMILES string of the molecule is O=C(Cc1cnn(CCc2ccccc2)c1)c1ccc2cc3n(c2c1)CCCNC3=O. The summed E-state index contributed by atoms with van der Waals surface area (Å²) in [6, 6.07) is 17.9. The van der Waals surface area contributed by atoms with Crippen LogP contribution in [0.1, 0.15) is 38.4 Å². The molecule has 2 aromatic carbocycles. The maximum Gasteiger partial charge on any atom is 0.267 e. The summed E-state index contributed by atoms with van der Waals surface area (Å²) in [4.78, 5) is 25.2. The van der Waals surface area contributed by atoms with Crippen LogP contribution in [-0.2, 0) is 25.9 Å². The van der Waals surface area contributed by atoms with Gasteiger partial charge < -0.3 is 9.88 Å². The Morgan fingerprint density at radius 2 is 1.94 bits per heavy atom. The number of nitrogens with one attached hydrogen (secondary N) is 1. The van der Waals surface area contributed by atoms with Crippen LogP contribution in [0.25, 0.3) is 10.9 Å². The Morgan fingerprint density at radius 1 is 1.06 bits per heavy atom. The van der Waals surface area contributed by atoms with Gasteiger partial charge in [-0.15, -0.1) is 0 Å². The van der Waals surface area contributed by atoms with Crippen molar-refractivity contribution in [2.24, 2.45) is 0 Å². The van der Waals surface area contributed by atoms with Crippen molar-refractivity contribution in [2.45, 2.75) is 32.4 Å². The monoisotopic (exact) mass is 412 g/mol. The van der Waals surface area contributed by atoms with E-state index < -0.39 is 0 Å². The van der Waals surface area contributed by atoms with Crippen LogP contribution < -0.4 is 5.32 Å². The van der Waals surface area contributed by atoms with Gasteiger partial charge >= 0.3 is 0 Å². The van der Waals surface area contributed by atoms with Crippen LogP contribution in [0.5, 0.6) is 0 Å². The molecule has 0 radical (unpaired) electrons. The van der Waals surface area contributed by atoms with Gasteiger partial charge in [0, 0.05) is 48.7 Å². The van der Waals surface area contributed by atoms with Crippen LogP contribution >= 0.6 is 0 Å². The highest BCUT2D eigenvalue weighted by atomic mass is 16.2. The van der Waals surface area contributed by atoms with Crippen molar-refractivity contribution in [1.29, 1.82) is 0 Å². The molecule has 156 valence electrons. The van der Waals surface area contributed by atoms with Crippen LogP contribution in [0.3, 0.4) is 0 Å². The number of amides is 1. The number of Topliss-reactive ketones (excluding diaryl/α,β-unsaturated/α-hetero) is 1. The number of carbonyl (C=O) groups is 2. The summed E-state index contributed by atoms with van der Waals surface area (Å²) >= 11 is 0. The molecule has 31 heavy (non-hydrogen) atoms. The number of aromatic nitrogens is 3. The highest BCUT2D eigenvalue weighted by Crippen LogP contribution is 2.24. The molecule has 1 aliphatic heterocycles. The first kappa shape index (κ1) is 19.3. The molecule has 6 heteroatoms. The summed E-state index contributed by atoms with van der Waals surface area (Å²) in [5, 5.41) is 8.31. The van der Waals surface area contributed by atoms with E-state index in [0.717, 1.165) is 42.4 Å². The minimum absolute atomic E-state index is 0.0514. The number of rotatable bonds is 6.